The predicted octanol–water partition coefficient (Wildman–Crippen LogP) is 0.842. The van der Waals surface area contributed by atoms with Gasteiger partial charge in [0, 0.05) is 18.6 Å². The maximum absolute atomic E-state index is 12.7. The van der Waals surface area contributed by atoms with Crippen LogP contribution in [0.4, 0.5) is 0 Å². The van der Waals surface area contributed by atoms with Crippen molar-refractivity contribution < 1.29 is 9.59 Å². The Morgan fingerprint density at radius 2 is 1.90 bits per heavy atom. The molecule has 3 unspecified atom stereocenters. The molecule has 3 atom stereocenters. The molecule has 2 heterocycles. The number of amides is 2. The van der Waals surface area contributed by atoms with Gasteiger partial charge in [-0.25, -0.2) is 0 Å². The van der Waals surface area contributed by atoms with Gasteiger partial charge in [-0.05, 0) is 32.2 Å². The Labute approximate surface area is 121 Å². The highest BCUT2D eigenvalue weighted by Gasteiger charge is 2.43. The third-order valence-electron chi connectivity index (χ3n) is 4.64. The Kier molecular flexibility index (Phi) is 4.09. The van der Waals surface area contributed by atoms with Crippen molar-refractivity contribution in [2.45, 2.75) is 58.7 Å². The van der Waals surface area contributed by atoms with Crippen molar-refractivity contribution in [3.63, 3.8) is 0 Å². The van der Waals surface area contributed by atoms with Gasteiger partial charge in [-0.3, -0.25) is 9.59 Å². The molecule has 2 aliphatic rings. The Bertz CT molecular complexity index is 402. The Balaban J connectivity index is 2.14. The van der Waals surface area contributed by atoms with E-state index < -0.39 is 6.04 Å². The van der Waals surface area contributed by atoms with Crippen LogP contribution in [0.15, 0.2) is 0 Å². The quantitative estimate of drug-likeness (QED) is 0.775. The van der Waals surface area contributed by atoms with Crippen molar-refractivity contribution in [1.29, 1.82) is 0 Å². The number of carbonyl (C=O) groups is 2. The van der Waals surface area contributed by atoms with E-state index in [4.69, 9.17) is 0 Å². The SMILES string of the molecule is CC1CC(N2CC(=O)NC(C(C)(C)C)C2=O)CCN1C. The van der Waals surface area contributed by atoms with E-state index in [0.29, 0.717) is 6.04 Å². The van der Waals surface area contributed by atoms with Crippen LogP contribution < -0.4 is 5.32 Å². The molecular weight excluding hydrogens is 254 g/mol. The number of nitrogens with zero attached hydrogens (tertiary/aromatic N) is 2. The van der Waals surface area contributed by atoms with E-state index in [2.05, 4.69) is 24.2 Å². The number of piperidine rings is 1. The number of hydrogen-bond acceptors (Lipinski definition) is 3. The second-order valence-corrected chi connectivity index (χ2v) is 7.34. The fourth-order valence-electron chi connectivity index (χ4n) is 3.11. The van der Waals surface area contributed by atoms with Crippen molar-refractivity contribution in [3.05, 3.63) is 0 Å². The molecule has 0 aromatic rings. The largest absolute Gasteiger partial charge is 0.342 e. The van der Waals surface area contributed by atoms with Crippen LogP contribution in [0.25, 0.3) is 0 Å². The summed E-state index contributed by atoms with van der Waals surface area (Å²) in [5.41, 5.74) is -0.248. The molecule has 114 valence electrons. The summed E-state index contributed by atoms with van der Waals surface area (Å²) in [6.07, 6.45) is 1.91. The Morgan fingerprint density at radius 1 is 1.25 bits per heavy atom. The highest BCUT2D eigenvalue weighted by molar-refractivity contribution is 5.95. The Morgan fingerprint density at radius 3 is 2.45 bits per heavy atom. The smallest absolute Gasteiger partial charge is 0.246 e. The minimum atomic E-state index is -0.404. The molecule has 2 fully saturated rings. The number of piperazine rings is 1. The second-order valence-electron chi connectivity index (χ2n) is 7.34. The van der Waals surface area contributed by atoms with E-state index in [1.165, 1.54) is 0 Å². The zero-order chi connectivity index (χ0) is 15.1. The molecule has 20 heavy (non-hydrogen) atoms. The van der Waals surface area contributed by atoms with Crippen LogP contribution in [0.1, 0.15) is 40.5 Å². The van der Waals surface area contributed by atoms with Gasteiger partial charge >= 0.3 is 0 Å². The summed E-state index contributed by atoms with van der Waals surface area (Å²) >= 11 is 0. The van der Waals surface area contributed by atoms with Gasteiger partial charge in [0.15, 0.2) is 0 Å². The van der Waals surface area contributed by atoms with Crippen LogP contribution in [-0.4, -0.2) is 59.9 Å². The number of nitrogens with one attached hydrogen (secondary N) is 1. The molecule has 5 heteroatoms. The molecule has 0 saturated carbocycles. The minimum Gasteiger partial charge on any atom is -0.342 e. The predicted molar refractivity (Wildman–Crippen MR) is 78.2 cm³/mol. The zero-order valence-corrected chi connectivity index (χ0v) is 13.3. The van der Waals surface area contributed by atoms with Gasteiger partial charge < -0.3 is 15.1 Å². The first-order valence-corrected chi connectivity index (χ1v) is 7.50. The number of carbonyl (C=O) groups excluding carboxylic acids is 2. The third kappa shape index (κ3) is 2.97. The van der Waals surface area contributed by atoms with Gasteiger partial charge in [-0.1, -0.05) is 20.8 Å². The van der Waals surface area contributed by atoms with Gasteiger partial charge in [-0.15, -0.1) is 0 Å². The summed E-state index contributed by atoms with van der Waals surface area (Å²) in [5, 5.41) is 2.85. The number of hydrogen-bond donors (Lipinski definition) is 1. The topological polar surface area (TPSA) is 52.7 Å². The summed E-state index contributed by atoms with van der Waals surface area (Å²) in [6, 6.07) is 0.253. The van der Waals surface area contributed by atoms with Crippen LogP contribution in [0, 0.1) is 5.41 Å². The molecule has 5 nitrogen and oxygen atoms in total. The Hall–Kier alpha value is -1.10. The third-order valence-corrected chi connectivity index (χ3v) is 4.64. The highest BCUT2D eigenvalue weighted by atomic mass is 16.2. The fourth-order valence-corrected chi connectivity index (χ4v) is 3.11. The van der Waals surface area contributed by atoms with Crippen LogP contribution in [-0.2, 0) is 9.59 Å². The summed E-state index contributed by atoms with van der Waals surface area (Å²) in [5.74, 6) is 0.0509. The molecule has 0 aliphatic carbocycles. The average Bonchev–Trinajstić information content (AvgIpc) is 2.34. The first kappa shape index (κ1) is 15.3. The van der Waals surface area contributed by atoms with E-state index in [-0.39, 0.29) is 29.8 Å². The number of likely N-dealkylation sites (tertiary alicyclic amines) is 1. The molecule has 2 aliphatic heterocycles. The molecule has 0 aromatic heterocycles. The monoisotopic (exact) mass is 281 g/mol. The van der Waals surface area contributed by atoms with Crippen LogP contribution in [0.3, 0.4) is 0 Å². The molecule has 1 N–H and O–H groups in total. The molecule has 0 bridgehead atoms. The van der Waals surface area contributed by atoms with Crippen LogP contribution >= 0.6 is 0 Å². The normalized spacial score (nSPS) is 33.2. The van der Waals surface area contributed by atoms with E-state index in [0.717, 1.165) is 19.4 Å². The number of rotatable bonds is 1. The second kappa shape index (κ2) is 5.35. The van der Waals surface area contributed by atoms with E-state index >= 15 is 0 Å². The first-order valence-electron chi connectivity index (χ1n) is 7.50. The summed E-state index contributed by atoms with van der Waals surface area (Å²) < 4.78 is 0. The van der Waals surface area contributed by atoms with Gasteiger partial charge in [0.05, 0.1) is 6.54 Å². The first-order chi connectivity index (χ1) is 9.20. The molecule has 0 spiro atoms. The average molecular weight is 281 g/mol. The summed E-state index contributed by atoms with van der Waals surface area (Å²) in [4.78, 5) is 28.8. The van der Waals surface area contributed by atoms with Crippen molar-refractivity contribution in [2.75, 3.05) is 20.1 Å². The lowest BCUT2D eigenvalue weighted by molar-refractivity contribution is -0.151. The van der Waals surface area contributed by atoms with E-state index in [1.807, 2.05) is 25.7 Å². The van der Waals surface area contributed by atoms with Crippen LogP contribution in [0.5, 0.6) is 0 Å². The van der Waals surface area contributed by atoms with Gasteiger partial charge in [0.25, 0.3) is 0 Å². The standard InChI is InChI=1S/C15H27N3O2/c1-10-8-11(6-7-17(10)5)18-9-12(19)16-13(14(18)20)15(2,3)4/h10-11,13H,6-9H2,1-5H3,(H,16,19). The zero-order valence-electron chi connectivity index (χ0n) is 13.3. The lowest BCUT2D eigenvalue weighted by Gasteiger charge is -2.45. The van der Waals surface area contributed by atoms with Gasteiger partial charge in [-0.2, -0.15) is 0 Å². The summed E-state index contributed by atoms with van der Waals surface area (Å²) in [7, 11) is 2.11. The van der Waals surface area contributed by atoms with E-state index in [9.17, 15) is 9.59 Å². The molecule has 2 rings (SSSR count). The fraction of sp³-hybridized carbons (Fsp3) is 0.867. The molecule has 0 radical (unpaired) electrons. The summed E-state index contributed by atoms with van der Waals surface area (Å²) in [6.45, 7) is 9.37. The van der Waals surface area contributed by atoms with Gasteiger partial charge in [0.1, 0.15) is 6.04 Å². The minimum absolute atomic E-state index is 0.0314. The molecule has 0 aromatic carbocycles. The van der Waals surface area contributed by atoms with Crippen LogP contribution in [0.2, 0.25) is 0 Å². The molecule has 2 amide bonds. The van der Waals surface area contributed by atoms with E-state index in [1.54, 1.807) is 0 Å². The molecule has 2 saturated heterocycles. The lowest BCUT2D eigenvalue weighted by Crippen LogP contribution is -2.65. The van der Waals surface area contributed by atoms with Crippen molar-refractivity contribution in [1.82, 2.24) is 15.1 Å². The maximum atomic E-state index is 12.7. The van der Waals surface area contributed by atoms with Gasteiger partial charge in [0.2, 0.25) is 11.8 Å². The maximum Gasteiger partial charge on any atom is 0.246 e. The van der Waals surface area contributed by atoms with Crippen molar-refractivity contribution in [2.24, 2.45) is 5.41 Å². The lowest BCUT2D eigenvalue weighted by atomic mass is 9.84. The highest BCUT2D eigenvalue weighted by Crippen LogP contribution is 2.27. The van der Waals surface area contributed by atoms with Crippen molar-refractivity contribution in [3.8, 4) is 0 Å². The molecular formula is C15H27N3O2. The van der Waals surface area contributed by atoms with Crippen molar-refractivity contribution >= 4 is 11.8 Å².